The third kappa shape index (κ3) is 12.0. The first-order valence-electron chi connectivity index (χ1n) is 9.93. The number of phenolic OH excluding ortho intramolecular Hbond substituents is 4. The fourth-order valence-electron chi connectivity index (χ4n) is 2.03. The SMILES string of the molecule is CCOC(=O)/C(C#N)=C\c1ccc(O)c(O)c1.CCOC(=O)CC#N.O=Cc1ccc(O)c(O)c1. The summed E-state index contributed by atoms with van der Waals surface area (Å²) in [6, 6.07) is 11.2. The Morgan fingerprint density at radius 1 is 0.857 bits per heavy atom. The molecule has 184 valence electrons. The molecule has 0 atom stereocenters. The van der Waals surface area contributed by atoms with Crippen LogP contribution >= 0.6 is 0 Å². The molecule has 2 aromatic carbocycles. The molecule has 35 heavy (non-hydrogen) atoms. The van der Waals surface area contributed by atoms with Gasteiger partial charge in [-0.2, -0.15) is 10.5 Å². The van der Waals surface area contributed by atoms with Gasteiger partial charge in [-0.1, -0.05) is 6.07 Å². The van der Waals surface area contributed by atoms with Gasteiger partial charge in [-0.15, -0.1) is 0 Å². The van der Waals surface area contributed by atoms with Crippen LogP contribution in [0.2, 0.25) is 0 Å². The summed E-state index contributed by atoms with van der Waals surface area (Å²) in [4.78, 5) is 31.6. The van der Waals surface area contributed by atoms with Crippen molar-refractivity contribution in [3.8, 4) is 35.1 Å². The van der Waals surface area contributed by atoms with E-state index in [1.165, 1.54) is 42.5 Å². The van der Waals surface area contributed by atoms with E-state index in [0.717, 1.165) is 0 Å². The molecule has 0 bridgehead atoms. The minimum absolute atomic E-state index is 0.145. The van der Waals surface area contributed by atoms with Crippen molar-refractivity contribution in [3.05, 3.63) is 53.1 Å². The summed E-state index contributed by atoms with van der Waals surface area (Å²) >= 11 is 0. The lowest BCUT2D eigenvalue weighted by molar-refractivity contribution is -0.142. The predicted octanol–water partition coefficient (Wildman–Crippen LogP) is 2.94. The molecule has 0 saturated carbocycles. The number of phenols is 4. The maximum Gasteiger partial charge on any atom is 0.348 e. The van der Waals surface area contributed by atoms with E-state index in [1.54, 1.807) is 26.0 Å². The Kier molecular flexibility index (Phi) is 14.2. The molecule has 2 rings (SSSR count). The summed E-state index contributed by atoms with van der Waals surface area (Å²) < 4.78 is 9.10. The van der Waals surface area contributed by atoms with Gasteiger partial charge in [0.15, 0.2) is 23.0 Å². The van der Waals surface area contributed by atoms with E-state index in [-0.39, 0.29) is 41.6 Å². The fourth-order valence-corrected chi connectivity index (χ4v) is 2.03. The zero-order chi connectivity index (χ0) is 26.8. The van der Waals surface area contributed by atoms with Gasteiger partial charge in [0.1, 0.15) is 24.3 Å². The summed E-state index contributed by atoms with van der Waals surface area (Å²) in [5.41, 5.74) is 0.595. The van der Waals surface area contributed by atoms with Crippen LogP contribution in [-0.4, -0.2) is 51.9 Å². The number of esters is 2. The molecular weight excluding hydrogens is 460 g/mol. The highest BCUT2D eigenvalue weighted by Crippen LogP contribution is 2.26. The lowest BCUT2D eigenvalue weighted by Gasteiger charge is -2.01. The number of aldehydes is 1. The molecule has 0 aliphatic rings. The van der Waals surface area contributed by atoms with Gasteiger partial charge in [-0.3, -0.25) is 9.59 Å². The Bertz CT molecular complexity index is 1130. The molecule has 4 N–H and O–H groups in total. The van der Waals surface area contributed by atoms with Gasteiger partial charge in [0.2, 0.25) is 0 Å². The second kappa shape index (κ2) is 16.6. The molecule has 0 spiro atoms. The number of carbonyl (C=O) groups is 3. The molecule has 0 heterocycles. The zero-order valence-corrected chi connectivity index (χ0v) is 19.0. The third-order valence-electron chi connectivity index (χ3n) is 3.59. The lowest BCUT2D eigenvalue weighted by atomic mass is 10.1. The van der Waals surface area contributed by atoms with Crippen molar-refractivity contribution in [2.24, 2.45) is 0 Å². The van der Waals surface area contributed by atoms with Gasteiger partial charge < -0.3 is 29.9 Å². The first kappa shape index (κ1) is 30.0. The van der Waals surface area contributed by atoms with E-state index in [0.29, 0.717) is 24.0 Å². The van der Waals surface area contributed by atoms with E-state index in [1.807, 2.05) is 0 Å². The van der Waals surface area contributed by atoms with Crippen LogP contribution in [0, 0.1) is 22.7 Å². The van der Waals surface area contributed by atoms with Crippen LogP contribution < -0.4 is 0 Å². The Labute approximate surface area is 201 Å². The van der Waals surface area contributed by atoms with Gasteiger partial charge in [-0.05, 0) is 55.8 Å². The molecule has 0 saturated heterocycles. The molecule has 0 aromatic heterocycles. The van der Waals surface area contributed by atoms with Crippen molar-refractivity contribution in [3.63, 3.8) is 0 Å². The monoisotopic (exact) mass is 484 g/mol. The van der Waals surface area contributed by atoms with Crippen LogP contribution in [0.15, 0.2) is 42.0 Å². The van der Waals surface area contributed by atoms with E-state index >= 15 is 0 Å². The normalized spacial score (nSPS) is 9.54. The van der Waals surface area contributed by atoms with Crippen molar-refractivity contribution >= 4 is 24.3 Å². The van der Waals surface area contributed by atoms with Crippen molar-refractivity contribution in [2.75, 3.05) is 13.2 Å². The number of benzene rings is 2. The van der Waals surface area contributed by atoms with E-state index in [4.69, 9.17) is 25.8 Å². The Hall–Kier alpha value is -5.03. The van der Waals surface area contributed by atoms with Crippen LogP contribution in [0.3, 0.4) is 0 Å². The number of carbonyl (C=O) groups excluding carboxylic acids is 3. The quantitative estimate of drug-likeness (QED) is 0.154. The highest BCUT2D eigenvalue weighted by molar-refractivity contribution is 5.97. The van der Waals surface area contributed by atoms with Gasteiger partial charge in [0.05, 0.1) is 19.3 Å². The maximum absolute atomic E-state index is 11.3. The first-order valence-corrected chi connectivity index (χ1v) is 9.93. The van der Waals surface area contributed by atoms with E-state index < -0.39 is 11.9 Å². The first-order chi connectivity index (χ1) is 16.6. The second-order valence-electron chi connectivity index (χ2n) is 6.14. The Morgan fingerprint density at radius 3 is 1.80 bits per heavy atom. The third-order valence-corrected chi connectivity index (χ3v) is 3.59. The molecule has 0 radical (unpaired) electrons. The Morgan fingerprint density at radius 2 is 1.37 bits per heavy atom. The minimum atomic E-state index is -0.720. The number of rotatable bonds is 6. The molecule has 0 aliphatic carbocycles. The van der Waals surface area contributed by atoms with Crippen LogP contribution in [0.4, 0.5) is 0 Å². The van der Waals surface area contributed by atoms with Crippen molar-refractivity contribution < 1.29 is 44.3 Å². The number of nitriles is 2. The van der Waals surface area contributed by atoms with Crippen molar-refractivity contribution in [1.29, 1.82) is 10.5 Å². The number of hydrogen-bond donors (Lipinski definition) is 4. The molecule has 0 unspecified atom stereocenters. The van der Waals surface area contributed by atoms with Crippen LogP contribution in [0.25, 0.3) is 6.08 Å². The molecule has 0 fully saturated rings. The fraction of sp³-hybridized carbons (Fsp3) is 0.208. The zero-order valence-electron chi connectivity index (χ0n) is 19.0. The molecule has 11 nitrogen and oxygen atoms in total. The average Bonchev–Trinajstić information content (AvgIpc) is 2.83. The smallest absolute Gasteiger partial charge is 0.348 e. The number of nitrogens with zero attached hydrogens (tertiary/aromatic N) is 2. The maximum atomic E-state index is 11.3. The van der Waals surface area contributed by atoms with Crippen molar-refractivity contribution in [2.45, 2.75) is 20.3 Å². The number of aromatic hydroxyl groups is 4. The van der Waals surface area contributed by atoms with Gasteiger partial charge in [0.25, 0.3) is 0 Å². The Balaban J connectivity index is 0.000000545. The number of ether oxygens (including phenoxy) is 2. The highest BCUT2D eigenvalue weighted by atomic mass is 16.5. The predicted molar refractivity (Wildman–Crippen MR) is 122 cm³/mol. The lowest BCUT2D eigenvalue weighted by Crippen LogP contribution is -2.05. The van der Waals surface area contributed by atoms with Gasteiger partial charge in [0, 0.05) is 5.56 Å². The largest absolute Gasteiger partial charge is 0.504 e. The highest BCUT2D eigenvalue weighted by Gasteiger charge is 2.10. The molecule has 2 aromatic rings. The molecule has 0 aliphatic heterocycles. The van der Waals surface area contributed by atoms with E-state index in [2.05, 4.69) is 9.47 Å². The van der Waals surface area contributed by atoms with Crippen LogP contribution in [0.1, 0.15) is 36.2 Å². The topological polar surface area (TPSA) is 198 Å². The summed E-state index contributed by atoms with van der Waals surface area (Å²) in [6.45, 7) is 3.87. The van der Waals surface area contributed by atoms with Crippen LogP contribution in [-0.2, 0) is 19.1 Å². The summed E-state index contributed by atoms with van der Waals surface area (Å²) in [6.07, 6.45) is 1.73. The minimum Gasteiger partial charge on any atom is -0.504 e. The van der Waals surface area contributed by atoms with Gasteiger partial charge in [-0.25, -0.2) is 4.79 Å². The second-order valence-corrected chi connectivity index (χ2v) is 6.14. The van der Waals surface area contributed by atoms with Crippen molar-refractivity contribution in [1.82, 2.24) is 0 Å². The summed E-state index contributed by atoms with van der Waals surface area (Å²) in [7, 11) is 0. The molecule has 0 amide bonds. The van der Waals surface area contributed by atoms with Crippen LogP contribution in [0.5, 0.6) is 23.0 Å². The average molecular weight is 484 g/mol. The summed E-state index contributed by atoms with van der Waals surface area (Å²) in [5, 5.41) is 52.6. The summed E-state index contributed by atoms with van der Waals surface area (Å²) in [5.74, 6) is -2.25. The van der Waals surface area contributed by atoms with Gasteiger partial charge >= 0.3 is 11.9 Å². The molecular formula is C24H24N2O9. The number of hydrogen-bond acceptors (Lipinski definition) is 11. The van der Waals surface area contributed by atoms with E-state index in [9.17, 15) is 19.5 Å². The standard InChI is InChI=1S/C12H11NO4.C7H6O3.C5H7NO2/c1-2-17-12(16)9(7-13)5-8-3-4-10(14)11(15)6-8;8-4-5-1-2-6(9)7(10)3-5;1-2-8-5(7)3-4-6/h3-6,14-15H,2H2,1H3;1-4,9-10H;2-3H2,1H3/b9-5-;;. The molecule has 11 heteroatoms.